The number of benzene rings is 1. The molecule has 1 aromatic rings. The van der Waals surface area contributed by atoms with E-state index in [-0.39, 0.29) is 18.2 Å². The van der Waals surface area contributed by atoms with Crippen molar-refractivity contribution in [1.82, 2.24) is 5.32 Å². The van der Waals surface area contributed by atoms with Crippen LogP contribution in [0.3, 0.4) is 0 Å². The first-order valence-electron chi connectivity index (χ1n) is 6.22. The van der Waals surface area contributed by atoms with Crippen LogP contribution in [0.4, 0.5) is 13.2 Å². The van der Waals surface area contributed by atoms with Gasteiger partial charge in [0.1, 0.15) is 11.5 Å². The highest BCUT2D eigenvalue weighted by atomic mass is 35.5. The lowest BCUT2D eigenvalue weighted by atomic mass is 10.0. The van der Waals surface area contributed by atoms with Crippen molar-refractivity contribution >= 4 is 12.4 Å². The second kappa shape index (κ2) is 7.59. The number of alkyl halides is 3. The van der Waals surface area contributed by atoms with Crippen LogP contribution >= 0.6 is 12.4 Å². The monoisotopic (exact) mass is 311 g/mol. The number of hydrogen-bond donors (Lipinski definition) is 1. The van der Waals surface area contributed by atoms with E-state index in [9.17, 15) is 13.2 Å². The maximum Gasteiger partial charge on any atom is 0.573 e. The van der Waals surface area contributed by atoms with Crippen molar-refractivity contribution in [2.45, 2.75) is 19.2 Å². The molecule has 1 aliphatic heterocycles. The summed E-state index contributed by atoms with van der Waals surface area (Å²) in [7, 11) is 0. The average Bonchev–Trinajstić information content (AvgIpc) is 2.36. The van der Waals surface area contributed by atoms with E-state index < -0.39 is 6.36 Å². The molecular weight excluding hydrogens is 295 g/mol. The topological polar surface area (TPSA) is 30.5 Å². The van der Waals surface area contributed by atoms with Gasteiger partial charge in [-0.2, -0.15) is 0 Å². The molecular formula is C13H17ClF3NO2. The second-order valence-corrected chi connectivity index (χ2v) is 4.55. The molecule has 0 spiro atoms. The smallest absolute Gasteiger partial charge is 0.493 e. The Morgan fingerprint density at radius 2 is 2.00 bits per heavy atom. The lowest BCUT2D eigenvalue weighted by molar-refractivity contribution is -0.274. The molecule has 1 fully saturated rings. The predicted molar refractivity (Wildman–Crippen MR) is 71.5 cm³/mol. The Hall–Kier alpha value is -1.14. The van der Waals surface area contributed by atoms with Gasteiger partial charge >= 0.3 is 6.36 Å². The molecule has 3 nitrogen and oxygen atoms in total. The maximum absolute atomic E-state index is 12.1. The van der Waals surface area contributed by atoms with Gasteiger partial charge in [-0.3, -0.25) is 0 Å². The van der Waals surface area contributed by atoms with Gasteiger partial charge in [-0.25, -0.2) is 0 Å². The number of nitrogens with one attached hydrogen (secondary N) is 1. The van der Waals surface area contributed by atoms with Gasteiger partial charge in [0.25, 0.3) is 0 Å². The molecule has 1 atom stereocenters. The summed E-state index contributed by atoms with van der Waals surface area (Å²) < 4.78 is 45.6. The Balaban J connectivity index is 0.00000200. The molecule has 20 heavy (non-hydrogen) atoms. The van der Waals surface area contributed by atoms with E-state index in [1.165, 1.54) is 18.2 Å². The summed E-state index contributed by atoms with van der Waals surface area (Å²) in [4.78, 5) is 0. The first kappa shape index (κ1) is 16.9. The number of rotatable bonds is 4. The van der Waals surface area contributed by atoms with Crippen LogP contribution in [0.25, 0.3) is 0 Å². The molecule has 1 aromatic carbocycles. The van der Waals surface area contributed by atoms with Crippen LogP contribution in [0, 0.1) is 5.92 Å². The van der Waals surface area contributed by atoms with Gasteiger partial charge in [-0.05, 0) is 31.5 Å². The third-order valence-electron chi connectivity index (χ3n) is 2.92. The van der Waals surface area contributed by atoms with Crippen molar-refractivity contribution in [2.75, 3.05) is 19.7 Å². The molecule has 1 N–H and O–H groups in total. The zero-order chi connectivity index (χ0) is 13.7. The van der Waals surface area contributed by atoms with Gasteiger partial charge in [-0.15, -0.1) is 25.6 Å². The standard InChI is InChI=1S/C13H16F3NO2.ClH/c14-13(15,16)19-12-5-1-4-11(7-12)18-9-10-3-2-6-17-8-10;/h1,4-5,7,10,17H,2-3,6,8-9H2;1H. The summed E-state index contributed by atoms with van der Waals surface area (Å²) in [5.74, 6) is 0.542. The normalized spacial score (nSPS) is 19.1. The minimum Gasteiger partial charge on any atom is -0.493 e. The highest BCUT2D eigenvalue weighted by molar-refractivity contribution is 5.85. The third kappa shape index (κ3) is 5.88. The fraction of sp³-hybridized carbons (Fsp3) is 0.538. The Bertz CT molecular complexity index is 409. The van der Waals surface area contributed by atoms with E-state index in [0.717, 1.165) is 25.9 Å². The van der Waals surface area contributed by atoms with Crippen LogP contribution in [0.1, 0.15) is 12.8 Å². The molecule has 1 heterocycles. The van der Waals surface area contributed by atoms with Crippen LogP contribution in [-0.2, 0) is 0 Å². The molecule has 0 amide bonds. The Morgan fingerprint density at radius 3 is 2.65 bits per heavy atom. The third-order valence-corrected chi connectivity index (χ3v) is 2.92. The summed E-state index contributed by atoms with van der Waals surface area (Å²) in [5, 5.41) is 3.26. The van der Waals surface area contributed by atoms with E-state index in [2.05, 4.69) is 10.1 Å². The molecule has 0 radical (unpaired) electrons. The highest BCUT2D eigenvalue weighted by Gasteiger charge is 2.31. The number of ether oxygens (including phenoxy) is 2. The van der Waals surface area contributed by atoms with Crippen molar-refractivity contribution < 1.29 is 22.6 Å². The van der Waals surface area contributed by atoms with E-state index in [0.29, 0.717) is 18.3 Å². The Morgan fingerprint density at radius 1 is 1.25 bits per heavy atom. The largest absolute Gasteiger partial charge is 0.573 e. The molecule has 1 aliphatic rings. The molecule has 2 rings (SSSR count). The minimum absolute atomic E-state index is 0. The zero-order valence-corrected chi connectivity index (χ0v) is 11.6. The van der Waals surface area contributed by atoms with E-state index in [1.54, 1.807) is 6.07 Å². The number of hydrogen-bond acceptors (Lipinski definition) is 3. The summed E-state index contributed by atoms with van der Waals surface area (Å²) in [5.41, 5.74) is 0. The van der Waals surface area contributed by atoms with Gasteiger partial charge in [0.05, 0.1) is 6.61 Å². The number of piperidine rings is 1. The van der Waals surface area contributed by atoms with Crippen LogP contribution in [0.15, 0.2) is 24.3 Å². The van der Waals surface area contributed by atoms with Crippen molar-refractivity contribution in [3.8, 4) is 11.5 Å². The summed E-state index contributed by atoms with van der Waals surface area (Å²) in [6.07, 6.45) is -2.50. The van der Waals surface area contributed by atoms with E-state index >= 15 is 0 Å². The van der Waals surface area contributed by atoms with Gasteiger partial charge in [-0.1, -0.05) is 6.07 Å². The van der Waals surface area contributed by atoms with Crippen LogP contribution < -0.4 is 14.8 Å². The zero-order valence-electron chi connectivity index (χ0n) is 10.8. The Labute approximate surface area is 121 Å². The fourth-order valence-electron chi connectivity index (χ4n) is 2.04. The van der Waals surface area contributed by atoms with Crippen molar-refractivity contribution in [2.24, 2.45) is 5.92 Å². The highest BCUT2D eigenvalue weighted by Crippen LogP contribution is 2.26. The van der Waals surface area contributed by atoms with Crippen molar-refractivity contribution in [3.05, 3.63) is 24.3 Å². The van der Waals surface area contributed by atoms with Crippen LogP contribution in [-0.4, -0.2) is 26.1 Å². The van der Waals surface area contributed by atoms with Gasteiger partial charge < -0.3 is 14.8 Å². The minimum atomic E-state index is -4.67. The van der Waals surface area contributed by atoms with Gasteiger partial charge in [0.2, 0.25) is 0 Å². The van der Waals surface area contributed by atoms with E-state index in [4.69, 9.17) is 4.74 Å². The summed E-state index contributed by atoms with van der Waals surface area (Å²) in [6.45, 7) is 2.41. The molecule has 7 heteroatoms. The summed E-state index contributed by atoms with van der Waals surface area (Å²) >= 11 is 0. The van der Waals surface area contributed by atoms with E-state index in [1.807, 2.05) is 0 Å². The first-order valence-corrected chi connectivity index (χ1v) is 6.22. The SMILES string of the molecule is Cl.FC(F)(F)Oc1cccc(OCC2CCCNC2)c1. The molecule has 1 saturated heterocycles. The van der Waals surface area contributed by atoms with Gasteiger partial charge in [0, 0.05) is 18.5 Å². The lowest BCUT2D eigenvalue weighted by Crippen LogP contribution is -2.33. The molecule has 0 bridgehead atoms. The quantitative estimate of drug-likeness (QED) is 0.924. The lowest BCUT2D eigenvalue weighted by Gasteiger charge is -2.22. The molecule has 1 unspecified atom stereocenters. The molecule has 114 valence electrons. The average molecular weight is 312 g/mol. The first-order chi connectivity index (χ1) is 9.03. The van der Waals surface area contributed by atoms with Crippen LogP contribution in [0.5, 0.6) is 11.5 Å². The predicted octanol–water partition coefficient (Wildman–Crippen LogP) is 3.39. The van der Waals surface area contributed by atoms with Gasteiger partial charge in [0.15, 0.2) is 0 Å². The van der Waals surface area contributed by atoms with Crippen molar-refractivity contribution in [3.63, 3.8) is 0 Å². The second-order valence-electron chi connectivity index (χ2n) is 4.55. The molecule has 0 aliphatic carbocycles. The Kier molecular flexibility index (Phi) is 6.42. The van der Waals surface area contributed by atoms with Crippen LogP contribution in [0.2, 0.25) is 0 Å². The molecule has 0 aromatic heterocycles. The maximum atomic E-state index is 12.1. The molecule has 0 saturated carbocycles. The van der Waals surface area contributed by atoms with Crippen molar-refractivity contribution in [1.29, 1.82) is 0 Å². The number of halogens is 4. The fourth-order valence-corrected chi connectivity index (χ4v) is 2.04. The summed E-state index contributed by atoms with van der Waals surface area (Å²) in [6, 6.07) is 5.61.